The van der Waals surface area contributed by atoms with Crippen molar-refractivity contribution < 1.29 is 0 Å². The van der Waals surface area contributed by atoms with Crippen molar-refractivity contribution >= 4 is 45.9 Å². The van der Waals surface area contributed by atoms with E-state index in [4.69, 9.17) is 0 Å². The molecular formula is C25H27BN2. The van der Waals surface area contributed by atoms with Crippen LogP contribution in [-0.4, -0.2) is 20.8 Å². The Balaban J connectivity index is 1.86. The van der Waals surface area contributed by atoms with E-state index in [1.165, 1.54) is 50.3 Å². The Morgan fingerprint density at radius 2 is 1.39 bits per heavy atom. The number of hydrogen-bond acceptors (Lipinski definition) is 2. The lowest BCUT2D eigenvalue weighted by Crippen LogP contribution is -2.61. The van der Waals surface area contributed by atoms with Crippen LogP contribution in [0.4, 0.5) is 22.7 Å². The smallest absolute Gasteiger partial charge is 0.252 e. The number of aryl methyl sites for hydroxylation is 1. The second-order valence-corrected chi connectivity index (χ2v) is 9.35. The molecule has 0 atom stereocenters. The second kappa shape index (κ2) is 5.67. The van der Waals surface area contributed by atoms with Gasteiger partial charge < -0.3 is 9.80 Å². The number of fused-ring (bicyclic) bond motifs is 4. The maximum Gasteiger partial charge on any atom is 0.252 e. The highest BCUT2D eigenvalue weighted by molar-refractivity contribution is 7.00. The van der Waals surface area contributed by atoms with E-state index in [-0.39, 0.29) is 12.1 Å². The molecule has 140 valence electrons. The van der Waals surface area contributed by atoms with Gasteiger partial charge in [-0.25, -0.2) is 0 Å². The van der Waals surface area contributed by atoms with Crippen LogP contribution in [0.15, 0.2) is 54.6 Å². The Hall–Kier alpha value is -2.68. The lowest BCUT2D eigenvalue weighted by atomic mass is 9.33. The Labute approximate surface area is 168 Å². The standard InChI is InChI=1S/C25H27BN2/c1-16-10-12-18-23(14-16)28(6)22-9-7-8-21-24(22)26(18)19-15-17(25(2,3)4)11-13-20(19)27(21)5/h7-15H,1-6H3. The van der Waals surface area contributed by atoms with Crippen LogP contribution in [0.25, 0.3) is 0 Å². The van der Waals surface area contributed by atoms with Crippen molar-refractivity contribution in [2.75, 3.05) is 23.9 Å². The normalized spacial score (nSPS) is 14.6. The number of nitrogens with zero attached hydrogens (tertiary/aromatic N) is 2. The first-order valence-electron chi connectivity index (χ1n) is 10.1. The van der Waals surface area contributed by atoms with Gasteiger partial charge in [-0.3, -0.25) is 0 Å². The van der Waals surface area contributed by atoms with Crippen molar-refractivity contribution in [1.29, 1.82) is 0 Å². The van der Waals surface area contributed by atoms with E-state index in [2.05, 4.69) is 106 Å². The monoisotopic (exact) mass is 366 g/mol. The van der Waals surface area contributed by atoms with Gasteiger partial charge in [0.25, 0.3) is 6.71 Å². The van der Waals surface area contributed by atoms with E-state index in [0.717, 1.165) is 0 Å². The first-order valence-corrected chi connectivity index (χ1v) is 10.1. The van der Waals surface area contributed by atoms with Crippen LogP contribution in [0, 0.1) is 6.92 Å². The first-order chi connectivity index (χ1) is 13.3. The lowest BCUT2D eigenvalue weighted by molar-refractivity contribution is 0.591. The zero-order valence-corrected chi connectivity index (χ0v) is 17.7. The van der Waals surface area contributed by atoms with Gasteiger partial charge in [0.1, 0.15) is 0 Å². The predicted octanol–water partition coefficient (Wildman–Crippen LogP) is 3.97. The molecule has 0 aromatic heterocycles. The van der Waals surface area contributed by atoms with Gasteiger partial charge in [0, 0.05) is 36.8 Å². The van der Waals surface area contributed by atoms with Crippen LogP contribution < -0.4 is 26.2 Å². The fraction of sp³-hybridized carbons (Fsp3) is 0.280. The predicted molar refractivity (Wildman–Crippen MR) is 124 cm³/mol. The van der Waals surface area contributed by atoms with Gasteiger partial charge in [0.15, 0.2) is 0 Å². The van der Waals surface area contributed by atoms with Crippen molar-refractivity contribution in [2.45, 2.75) is 33.1 Å². The maximum atomic E-state index is 2.45. The second-order valence-electron chi connectivity index (χ2n) is 9.35. The summed E-state index contributed by atoms with van der Waals surface area (Å²) in [7, 11) is 4.40. The fourth-order valence-electron chi connectivity index (χ4n) is 4.91. The van der Waals surface area contributed by atoms with Crippen molar-refractivity contribution in [2.24, 2.45) is 0 Å². The molecule has 0 aliphatic carbocycles. The average Bonchev–Trinajstić information content (AvgIpc) is 2.66. The van der Waals surface area contributed by atoms with Crippen LogP contribution >= 0.6 is 0 Å². The largest absolute Gasteiger partial charge is 0.345 e. The molecule has 3 aromatic carbocycles. The quantitative estimate of drug-likeness (QED) is 0.556. The molecular weight excluding hydrogens is 339 g/mol. The molecule has 0 radical (unpaired) electrons. The van der Waals surface area contributed by atoms with Crippen LogP contribution in [0.3, 0.4) is 0 Å². The topological polar surface area (TPSA) is 6.48 Å². The Morgan fingerprint density at radius 1 is 0.714 bits per heavy atom. The third kappa shape index (κ3) is 2.29. The van der Waals surface area contributed by atoms with Crippen LogP contribution in [0.1, 0.15) is 31.9 Å². The molecule has 3 heteroatoms. The average molecular weight is 366 g/mol. The molecule has 0 bridgehead atoms. The molecule has 0 fully saturated rings. The van der Waals surface area contributed by atoms with Crippen molar-refractivity contribution in [1.82, 2.24) is 0 Å². The van der Waals surface area contributed by atoms with Gasteiger partial charge >= 0.3 is 0 Å². The summed E-state index contributed by atoms with van der Waals surface area (Å²) in [5.41, 5.74) is 12.4. The Kier molecular flexibility index (Phi) is 3.53. The van der Waals surface area contributed by atoms with Crippen molar-refractivity contribution in [3.63, 3.8) is 0 Å². The highest BCUT2D eigenvalue weighted by Crippen LogP contribution is 2.36. The minimum atomic E-state index is 0.134. The van der Waals surface area contributed by atoms with Crippen molar-refractivity contribution in [3.8, 4) is 0 Å². The molecule has 0 amide bonds. The number of hydrogen-bond donors (Lipinski definition) is 0. The van der Waals surface area contributed by atoms with Crippen LogP contribution in [-0.2, 0) is 5.41 Å². The Morgan fingerprint density at radius 3 is 2.07 bits per heavy atom. The Bertz CT molecular complexity index is 1110. The summed E-state index contributed by atoms with van der Waals surface area (Å²) < 4.78 is 0. The molecule has 3 aromatic rings. The summed E-state index contributed by atoms with van der Waals surface area (Å²) >= 11 is 0. The SMILES string of the molecule is Cc1ccc2c(c1)N(C)c1cccc3c1B2c1cc(C(C)(C)C)ccc1N3C. The number of rotatable bonds is 0. The molecule has 2 nitrogen and oxygen atoms in total. The highest BCUT2D eigenvalue weighted by Gasteiger charge is 2.41. The molecule has 2 heterocycles. The highest BCUT2D eigenvalue weighted by atomic mass is 15.1. The third-order valence-electron chi connectivity index (χ3n) is 6.50. The molecule has 0 saturated carbocycles. The number of anilines is 4. The summed E-state index contributed by atoms with van der Waals surface area (Å²) in [6.45, 7) is 9.36. The maximum absolute atomic E-state index is 2.45. The van der Waals surface area contributed by atoms with Crippen LogP contribution in [0.5, 0.6) is 0 Å². The molecule has 0 N–H and O–H groups in total. The van der Waals surface area contributed by atoms with Gasteiger partial charge in [-0.2, -0.15) is 0 Å². The van der Waals surface area contributed by atoms with Crippen LogP contribution in [0.2, 0.25) is 0 Å². The molecule has 2 aliphatic rings. The summed E-state index contributed by atoms with van der Waals surface area (Å²) in [5.74, 6) is 0. The molecule has 0 saturated heterocycles. The zero-order valence-electron chi connectivity index (χ0n) is 17.7. The fourth-order valence-corrected chi connectivity index (χ4v) is 4.91. The van der Waals surface area contributed by atoms with E-state index in [0.29, 0.717) is 0 Å². The number of benzene rings is 3. The van der Waals surface area contributed by atoms with E-state index < -0.39 is 0 Å². The van der Waals surface area contributed by atoms with E-state index >= 15 is 0 Å². The van der Waals surface area contributed by atoms with E-state index in [1.807, 2.05) is 0 Å². The lowest BCUT2D eigenvalue weighted by Gasteiger charge is -2.42. The van der Waals surface area contributed by atoms with Gasteiger partial charge in [0.2, 0.25) is 0 Å². The van der Waals surface area contributed by atoms with E-state index in [1.54, 1.807) is 0 Å². The molecule has 5 rings (SSSR count). The summed E-state index contributed by atoms with van der Waals surface area (Å²) in [5, 5.41) is 0. The van der Waals surface area contributed by atoms with Gasteiger partial charge in [0.05, 0.1) is 0 Å². The summed E-state index contributed by atoms with van der Waals surface area (Å²) in [6.07, 6.45) is 0. The molecule has 0 spiro atoms. The molecule has 2 aliphatic heterocycles. The minimum absolute atomic E-state index is 0.134. The zero-order chi connectivity index (χ0) is 19.8. The molecule has 0 unspecified atom stereocenters. The summed E-state index contributed by atoms with van der Waals surface area (Å²) in [4.78, 5) is 4.73. The van der Waals surface area contributed by atoms with Crippen molar-refractivity contribution in [3.05, 3.63) is 65.7 Å². The third-order valence-corrected chi connectivity index (χ3v) is 6.50. The van der Waals surface area contributed by atoms with Gasteiger partial charge in [-0.05, 0) is 64.1 Å². The van der Waals surface area contributed by atoms with Gasteiger partial charge in [-0.1, -0.05) is 51.1 Å². The van der Waals surface area contributed by atoms with E-state index in [9.17, 15) is 0 Å². The molecule has 28 heavy (non-hydrogen) atoms. The summed E-state index contributed by atoms with van der Waals surface area (Å²) in [6, 6.07) is 20.7. The minimum Gasteiger partial charge on any atom is -0.345 e. The van der Waals surface area contributed by atoms with Gasteiger partial charge in [-0.15, -0.1) is 0 Å². The first kappa shape index (κ1) is 17.4.